The summed E-state index contributed by atoms with van der Waals surface area (Å²) in [5.41, 5.74) is 5.68. The van der Waals surface area contributed by atoms with Crippen molar-refractivity contribution in [1.29, 1.82) is 0 Å². The normalized spacial score (nSPS) is 18.4. The van der Waals surface area contributed by atoms with Crippen molar-refractivity contribution in [1.82, 2.24) is 5.32 Å². The van der Waals surface area contributed by atoms with E-state index in [9.17, 15) is 13.2 Å². The third-order valence-electron chi connectivity index (χ3n) is 6.39. The molecule has 4 rings (SSSR count). The molecule has 0 aromatic heterocycles. The number of carbonyl (C=O) groups is 1. The second-order valence-corrected chi connectivity index (χ2v) is 10.5. The van der Waals surface area contributed by atoms with Crippen LogP contribution in [0.15, 0.2) is 42.2 Å². The van der Waals surface area contributed by atoms with Crippen LogP contribution < -0.4 is 5.32 Å². The topological polar surface area (TPSA) is 72.5 Å². The number of nitrogens with one attached hydrogen (secondary N) is 1. The van der Waals surface area contributed by atoms with Crippen LogP contribution in [0.2, 0.25) is 0 Å². The third-order valence-corrected chi connectivity index (χ3v) is 6.86. The molecule has 0 saturated heterocycles. The van der Waals surface area contributed by atoms with Crippen LogP contribution >= 0.6 is 0 Å². The lowest BCUT2D eigenvalue weighted by Crippen LogP contribution is -2.46. The quantitative estimate of drug-likeness (QED) is 0.695. The van der Waals surface area contributed by atoms with Gasteiger partial charge in [0.25, 0.3) is 5.91 Å². The number of aryl methyl sites for hydroxylation is 3. The third kappa shape index (κ3) is 4.13. The molecule has 1 aliphatic heterocycles. The number of rotatable bonds is 4. The highest BCUT2D eigenvalue weighted by Gasteiger charge is 2.49. The second-order valence-electron chi connectivity index (χ2n) is 8.94. The minimum Gasteiger partial charge on any atom is -0.384 e. The Labute approximate surface area is 184 Å². The summed E-state index contributed by atoms with van der Waals surface area (Å²) in [5.74, 6) is 0.0106. The fourth-order valence-corrected chi connectivity index (χ4v) is 5.38. The van der Waals surface area contributed by atoms with Crippen LogP contribution in [-0.2, 0) is 19.1 Å². The smallest absolute Gasteiger partial charge is 0.306 e. The molecule has 1 heterocycles. The van der Waals surface area contributed by atoms with Crippen molar-refractivity contribution >= 4 is 21.6 Å². The minimum atomic E-state index is -3.78. The molecular formula is C25H29NO4S. The molecule has 31 heavy (non-hydrogen) atoms. The van der Waals surface area contributed by atoms with E-state index in [4.69, 9.17) is 4.18 Å². The highest BCUT2D eigenvalue weighted by atomic mass is 32.2. The van der Waals surface area contributed by atoms with Crippen molar-refractivity contribution in [2.24, 2.45) is 0 Å². The number of hydrogen-bond acceptors (Lipinski definition) is 4. The molecule has 0 bridgehead atoms. The summed E-state index contributed by atoms with van der Waals surface area (Å²) in [6.45, 7) is 6.02. The molecule has 6 heteroatoms. The molecular weight excluding hydrogens is 410 g/mol. The Morgan fingerprint density at radius 1 is 0.903 bits per heavy atom. The van der Waals surface area contributed by atoms with Gasteiger partial charge in [-0.2, -0.15) is 8.42 Å². The first kappa shape index (κ1) is 21.6. The maximum Gasteiger partial charge on any atom is 0.306 e. The van der Waals surface area contributed by atoms with Crippen molar-refractivity contribution in [2.75, 3.05) is 6.26 Å². The lowest BCUT2D eigenvalue weighted by molar-refractivity contribution is -0.116. The molecule has 2 aliphatic rings. The summed E-state index contributed by atoms with van der Waals surface area (Å²) in [5, 5.41) is 3.09. The number of carbonyl (C=O) groups excluding carboxylic acids is 1. The molecule has 1 amide bonds. The minimum absolute atomic E-state index is 0.258. The largest absolute Gasteiger partial charge is 0.384 e. The van der Waals surface area contributed by atoms with Gasteiger partial charge in [0, 0.05) is 0 Å². The van der Waals surface area contributed by atoms with Crippen LogP contribution in [0.4, 0.5) is 0 Å². The molecule has 1 spiro atoms. The summed E-state index contributed by atoms with van der Waals surface area (Å²) >= 11 is 0. The average Bonchev–Trinajstić information content (AvgIpc) is 2.94. The van der Waals surface area contributed by atoms with E-state index in [1.165, 1.54) is 5.56 Å². The fourth-order valence-electron chi connectivity index (χ4n) is 4.83. The van der Waals surface area contributed by atoms with Gasteiger partial charge in [-0.25, -0.2) is 0 Å². The van der Waals surface area contributed by atoms with E-state index in [2.05, 4.69) is 42.6 Å². The standard InChI is InChI=1S/C25H29NO4S/c1-16-8-10-19(11-9-16)20-14-18(3)21(15-17(20)2)22-23(30-31(4,28)29)25(26-24(22)27)12-6-5-7-13-25/h8-11,14-15H,5-7,12-13H2,1-4H3,(H,26,27). The van der Waals surface area contributed by atoms with E-state index in [1.807, 2.05) is 19.9 Å². The highest BCUT2D eigenvalue weighted by molar-refractivity contribution is 7.86. The van der Waals surface area contributed by atoms with Gasteiger partial charge >= 0.3 is 10.1 Å². The van der Waals surface area contributed by atoms with E-state index >= 15 is 0 Å². The summed E-state index contributed by atoms with van der Waals surface area (Å²) < 4.78 is 29.8. The van der Waals surface area contributed by atoms with Gasteiger partial charge in [0.15, 0.2) is 5.76 Å². The highest BCUT2D eigenvalue weighted by Crippen LogP contribution is 2.44. The molecule has 0 atom stereocenters. The zero-order valence-corrected chi connectivity index (χ0v) is 19.4. The van der Waals surface area contributed by atoms with Crippen molar-refractivity contribution in [3.8, 4) is 11.1 Å². The lowest BCUT2D eigenvalue weighted by Gasteiger charge is -2.34. The maximum atomic E-state index is 13.2. The molecule has 0 radical (unpaired) electrons. The summed E-state index contributed by atoms with van der Waals surface area (Å²) in [7, 11) is -3.78. The Morgan fingerprint density at radius 3 is 2.10 bits per heavy atom. The van der Waals surface area contributed by atoms with Gasteiger partial charge in [0.2, 0.25) is 0 Å². The Bertz CT molecular complexity index is 1170. The molecule has 1 saturated carbocycles. The Kier molecular flexibility index (Phi) is 5.46. The molecule has 164 valence electrons. The zero-order valence-electron chi connectivity index (χ0n) is 18.5. The van der Waals surface area contributed by atoms with Crippen LogP contribution in [0.5, 0.6) is 0 Å². The van der Waals surface area contributed by atoms with Gasteiger partial charge in [0.05, 0.1) is 11.8 Å². The lowest BCUT2D eigenvalue weighted by atomic mass is 9.80. The summed E-state index contributed by atoms with van der Waals surface area (Å²) in [4.78, 5) is 13.2. The monoisotopic (exact) mass is 439 g/mol. The first-order valence-electron chi connectivity index (χ1n) is 10.7. The van der Waals surface area contributed by atoms with E-state index in [0.29, 0.717) is 18.4 Å². The fraction of sp³-hybridized carbons (Fsp3) is 0.400. The van der Waals surface area contributed by atoms with Crippen LogP contribution in [0.3, 0.4) is 0 Å². The molecule has 1 aliphatic carbocycles. The van der Waals surface area contributed by atoms with Crippen molar-refractivity contribution in [3.05, 3.63) is 64.4 Å². The maximum absolute atomic E-state index is 13.2. The van der Waals surface area contributed by atoms with Crippen LogP contribution in [0.1, 0.15) is 54.4 Å². The van der Waals surface area contributed by atoms with Crippen LogP contribution in [-0.4, -0.2) is 26.1 Å². The molecule has 1 fully saturated rings. The SMILES string of the molecule is Cc1ccc(-c2cc(C)c(C3=C(OS(C)(=O)=O)C4(CCCCC4)NC3=O)cc2C)cc1. The molecule has 0 unspecified atom stereocenters. The summed E-state index contributed by atoms with van der Waals surface area (Å²) in [6, 6.07) is 12.4. The molecule has 1 N–H and O–H groups in total. The van der Waals surface area contributed by atoms with Gasteiger partial charge in [0.1, 0.15) is 5.54 Å². The van der Waals surface area contributed by atoms with Gasteiger partial charge in [-0.15, -0.1) is 0 Å². The van der Waals surface area contributed by atoms with E-state index in [0.717, 1.165) is 53.3 Å². The predicted molar refractivity (Wildman–Crippen MR) is 123 cm³/mol. The van der Waals surface area contributed by atoms with Crippen molar-refractivity contribution in [3.63, 3.8) is 0 Å². The van der Waals surface area contributed by atoms with Gasteiger partial charge in [-0.05, 0) is 61.4 Å². The summed E-state index contributed by atoms with van der Waals surface area (Å²) in [6.07, 6.45) is 5.33. The second kappa shape index (κ2) is 7.83. The first-order chi connectivity index (χ1) is 14.6. The molecule has 5 nitrogen and oxygen atoms in total. The average molecular weight is 440 g/mol. The zero-order chi connectivity index (χ0) is 22.4. The van der Waals surface area contributed by atoms with Crippen molar-refractivity contribution < 1.29 is 17.4 Å². The van der Waals surface area contributed by atoms with E-state index in [-0.39, 0.29) is 11.7 Å². The van der Waals surface area contributed by atoms with Crippen molar-refractivity contribution in [2.45, 2.75) is 58.4 Å². The molecule has 2 aromatic carbocycles. The van der Waals surface area contributed by atoms with E-state index < -0.39 is 15.7 Å². The number of amides is 1. The predicted octanol–water partition coefficient (Wildman–Crippen LogP) is 4.80. The number of benzene rings is 2. The Morgan fingerprint density at radius 2 is 1.48 bits per heavy atom. The van der Waals surface area contributed by atoms with E-state index in [1.54, 1.807) is 0 Å². The first-order valence-corrected chi connectivity index (χ1v) is 12.6. The van der Waals surface area contributed by atoms with Crippen LogP contribution in [0.25, 0.3) is 16.7 Å². The Balaban J connectivity index is 1.88. The van der Waals surface area contributed by atoms with Gasteiger partial charge in [-0.1, -0.05) is 61.2 Å². The van der Waals surface area contributed by atoms with Gasteiger partial charge in [-0.3, -0.25) is 4.79 Å². The molecule has 2 aromatic rings. The van der Waals surface area contributed by atoms with Gasteiger partial charge < -0.3 is 9.50 Å². The number of hydrogen-bond donors (Lipinski definition) is 1. The Hall–Kier alpha value is -2.60. The van der Waals surface area contributed by atoms with Crippen LogP contribution in [0, 0.1) is 20.8 Å².